The summed E-state index contributed by atoms with van der Waals surface area (Å²) in [7, 11) is -3.14. The lowest BCUT2D eigenvalue weighted by atomic mass is 10.0. The maximum Gasteiger partial charge on any atom is 0.298 e. The van der Waals surface area contributed by atoms with Crippen LogP contribution < -0.4 is 9.47 Å². The zero-order valence-electron chi connectivity index (χ0n) is 20.2. The Kier molecular flexibility index (Phi) is 8.47. The Morgan fingerprint density at radius 3 is 1.97 bits per heavy atom. The van der Waals surface area contributed by atoms with Crippen molar-refractivity contribution in [1.82, 2.24) is 0 Å². The maximum absolute atomic E-state index is 13.1. The second kappa shape index (κ2) is 11.8. The predicted molar refractivity (Wildman–Crippen MR) is 140 cm³/mol. The second-order valence-corrected chi connectivity index (χ2v) is 10.2. The van der Waals surface area contributed by atoms with Gasteiger partial charge in [-0.2, -0.15) is 8.42 Å². The van der Waals surface area contributed by atoms with Gasteiger partial charge < -0.3 is 9.47 Å². The van der Waals surface area contributed by atoms with Gasteiger partial charge in [-0.1, -0.05) is 41.4 Å². The van der Waals surface area contributed by atoms with Crippen LogP contribution in [0, 0.1) is 6.92 Å². The van der Waals surface area contributed by atoms with Gasteiger partial charge in [-0.05, 0) is 72.1 Å². The van der Waals surface area contributed by atoms with Crippen molar-refractivity contribution in [3.8, 4) is 28.4 Å². The van der Waals surface area contributed by atoms with Crippen molar-refractivity contribution in [2.75, 3.05) is 7.11 Å². The summed E-state index contributed by atoms with van der Waals surface area (Å²) in [5.41, 5.74) is 2.85. The van der Waals surface area contributed by atoms with Crippen molar-refractivity contribution in [1.29, 1.82) is 0 Å². The van der Waals surface area contributed by atoms with Crippen molar-refractivity contribution >= 4 is 27.9 Å². The predicted octanol–water partition coefficient (Wildman–Crippen LogP) is 6.37. The summed E-state index contributed by atoms with van der Waals surface area (Å²) in [5.74, 6) is 0.421. The summed E-state index contributed by atoms with van der Waals surface area (Å²) >= 11 is 0.700. The Morgan fingerprint density at radius 2 is 1.39 bits per heavy atom. The molecule has 4 aromatic rings. The number of hydrogen-bond donors (Lipinski definition) is 2. The van der Waals surface area contributed by atoms with E-state index in [0.717, 1.165) is 28.5 Å². The van der Waals surface area contributed by atoms with Gasteiger partial charge in [-0.3, -0.25) is 9.35 Å². The highest BCUT2D eigenvalue weighted by molar-refractivity contribution is 7.94. The van der Waals surface area contributed by atoms with Crippen molar-refractivity contribution in [2.24, 2.45) is 0 Å². The van der Waals surface area contributed by atoms with Gasteiger partial charge in [0.05, 0.1) is 19.2 Å². The minimum atomic E-state index is -4.73. The number of carbonyl (C=O) groups is 1. The Bertz CT molecular complexity index is 1550. The molecular weight excluding hydrogens is 532 g/mol. The molecule has 0 heterocycles. The molecule has 38 heavy (non-hydrogen) atoms. The normalized spacial score (nSPS) is 11.3. The molecule has 9 nitrogen and oxygen atoms in total. The molecule has 0 aliphatic rings. The SMILES string of the molecule is COc1ccc(-c2ccc(Oc3ccc(C(=O)c4ccc(C)c(SOOO)c4)cc3S(=O)(=O)O)cc2)cc1. The number of aryl methyl sites for hydroxylation is 1. The molecule has 0 saturated heterocycles. The molecule has 11 heteroatoms. The number of ketones is 1. The highest BCUT2D eigenvalue weighted by Crippen LogP contribution is 2.33. The minimum absolute atomic E-state index is 0.0129. The van der Waals surface area contributed by atoms with E-state index in [1.54, 1.807) is 50.4 Å². The van der Waals surface area contributed by atoms with Crippen LogP contribution in [0.1, 0.15) is 21.5 Å². The lowest BCUT2D eigenvalue weighted by molar-refractivity contribution is -0.432. The first-order valence-electron chi connectivity index (χ1n) is 11.0. The Morgan fingerprint density at radius 1 is 0.816 bits per heavy atom. The van der Waals surface area contributed by atoms with E-state index in [9.17, 15) is 17.8 Å². The fourth-order valence-corrected chi connectivity index (χ4v) is 4.73. The third-order valence-electron chi connectivity index (χ3n) is 5.59. The lowest BCUT2D eigenvalue weighted by Crippen LogP contribution is -2.07. The standard InChI is InChI=1S/C27H22O9S2/c1-17-3-4-20(15-25(17)37-36-35-29)27(28)21-9-14-24(26(16-21)38(30,31)32)34-23-12-7-19(8-13-23)18-5-10-22(33-2)11-6-18/h3-16,29H,1-2H3,(H,30,31,32). The molecule has 0 unspecified atom stereocenters. The molecule has 0 aliphatic carbocycles. The van der Waals surface area contributed by atoms with Crippen LogP contribution in [0.2, 0.25) is 0 Å². The Balaban J connectivity index is 1.60. The van der Waals surface area contributed by atoms with Gasteiger partial charge in [0.1, 0.15) is 22.1 Å². The number of ether oxygens (including phenoxy) is 2. The van der Waals surface area contributed by atoms with E-state index in [1.807, 2.05) is 24.3 Å². The van der Waals surface area contributed by atoms with E-state index in [1.165, 1.54) is 18.2 Å². The number of carbonyl (C=O) groups excluding carboxylic acids is 1. The molecule has 2 N–H and O–H groups in total. The molecule has 0 spiro atoms. The minimum Gasteiger partial charge on any atom is -0.497 e. The summed E-state index contributed by atoms with van der Waals surface area (Å²) in [6.07, 6.45) is 0. The van der Waals surface area contributed by atoms with Crippen molar-refractivity contribution in [3.63, 3.8) is 0 Å². The average molecular weight is 555 g/mol. The monoisotopic (exact) mass is 554 g/mol. The topological polar surface area (TPSA) is 129 Å². The third-order valence-corrected chi connectivity index (χ3v) is 7.22. The quantitative estimate of drug-likeness (QED) is 0.0750. The summed E-state index contributed by atoms with van der Waals surface area (Å²) in [5, 5.41) is 12.0. The summed E-state index contributed by atoms with van der Waals surface area (Å²) < 4.78 is 49.5. The van der Waals surface area contributed by atoms with Gasteiger partial charge >= 0.3 is 0 Å². The number of methoxy groups -OCH3 is 1. The van der Waals surface area contributed by atoms with E-state index in [-0.39, 0.29) is 16.9 Å². The molecule has 0 aromatic heterocycles. The van der Waals surface area contributed by atoms with Gasteiger partial charge in [0, 0.05) is 16.0 Å². The second-order valence-electron chi connectivity index (χ2n) is 8.03. The number of benzene rings is 4. The summed E-state index contributed by atoms with van der Waals surface area (Å²) in [6, 6.07) is 22.9. The van der Waals surface area contributed by atoms with Crippen molar-refractivity contribution in [2.45, 2.75) is 16.7 Å². The average Bonchev–Trinajstić information content (AvgIpc) is 2.92. The fourth-order valence-electron chi connectivity index (χ4n) is 3.61. The van der Waals surface area contributed by atoms with Crippen LogP contribution in [0.15, 0.2) is 94.7 Å². The molecule has 0 radical (unpaired) electrons. The first kappa shape index (κ1) is 27.3. The molecule has 0 amide bonds. The van der Waals surface area contributed by atoms with Crippen molar-refractivity contribution in [3.05, 3.63) is 102 Å². The van der Waals surface area contributed by atoms with Crippen LogP contribution >= 0.6 is 12.0 Å². The first-order valence-corrected chi connectivity index (χ1v) is 13.2. The van der Waals surface area contributed by atoms with Crippen molar-refractivity contribution < 1.29 is 41.9 Å². The lowest BCUT2D eigenvalue weighted by Gasteiger charge is -2.12. The molecule has 4 rings (SSSR count). The van der Waals surface area contributed by atoms with Crippen LogP contribution in [0.3, 0.4) is 0 Å². The van der Waals surface area contributed by atoms with Gasteiger partial charge in [0.25, 0.3) is 10.1 Å². The van der Waals surface area contributed by atoms with E-state index in [4.69, 9.17) is 14.7 Å². The van der Waals surface area contributed by atoms with Crippen LogP contribution in [0.4, 0.5) is 0 Å². The first-order chi connectivity index (χ1) is 18.2. The molecule has 0 fully saturated rings. The number of hydrogen-bond acceptors (Lipinski definition) is 9. The third kappa shape index (κ3) is 6.40. The Labute approximate surface area is 223 Å². The number of rotatable bonds is 10. The van der Waals surface area contributed by atoms with E-state index in [0.29, 0.717) is 22.7 Å². The molecular formula is C27H22O9S2. The maximum atomic E-state index is 13.1. The summed E-state index contributed by atoms with van der Waals surface area (Å²) in [6.45, 7) is 1.77. The van der Waals surface area contributed by atoms with Crippen LogP contribution in [-0.4, -0.2) is 31.1 Å². The molecule has 0 aliphatic heterocycles. The molecule has 4 aromatic carbocycles. The molecule has 0 saturated carbocycles. The van der Waals surface area contributed by atoms with Crippen LogP contribution in [0.5, 0.6) is 17.2 Å². The molecule has 196 valence electrons. The van der Waals surface area contributed by atoms with E-state index < -0.39 is 20.8 Å². The highest BCUT2D eigenvalue weighted by Gasteiger charge is 2.21. The van der Waals surface area contributed by atoms with E-state index in [2.05, 4.69) is 9.37 Å². The summed E-state index contributed by atoms with van der Waals surface area (Å²) in [4.78, 5) is 13.0. The smallest absolute Gasteiger partial charge is 0.298 e. The van der Waals surface area contributed by atoms with Crippen LogP contribution in [0.25, 0.3) is 11.1 Å². The largest absolute Gasteiger partial charge is 0.497 e. The van der Waals surface area contributed by atoms with Crippen LogP contribution in [-0.2, 0) is 19.5 Å². The zero-order chi connectivity index (χ0) is 27.3. The van der Waals surface area contributed by atoms with Gasteiger partial charge in [-0.15, -0.1) is 4.33 Å². The van der Waals surface area contributed by atoms with Gasteiger partial charge in [-0.25, -0.2) is 5.26 Å². The fraction of sp³-hybridized carbons (Fsp3) is 0.0741. The van der Waals surface area contributed by atoms with E-state index >= 15 is 0 Å². The van der Waals surface area contributed by atoms with Gasteiger partial charge in [0.15, 0.2) is 5.78 Å². The zero-order valence-corrected chi connectivity index (χ0v) is 21.8. The Hall–Kier alpha value is -3.71. The molecule has 0 bridgehead atoms. The van der Waals surface area contributed by atoms with Gasteiger partial charge in [0.2, 0.25) is 0 Å². The highest BCUT2D eigenvalue weighted by atomic mass is 32.2. The molecule has 0 atom stereocenters.